The first kappa shape index (κ1) is 5.80. The predicted molar refractivity (Wildman–Crippen MR) is 32.3 cm³/mol. The SMILES string of the molecule is CC[CH]C1(C=O)CC1. The molecule has 1 heteroatoms. The molecule has 8 heavy (non-hydrogen) atoms. The van der Waals surface area contributed by atoms with E-state index < -0.39 is 0 Å². The lowest BCUT2D eigenvalue weighted by Crippen LogP contribution is -2.00. The predicted octanol–water partition coefficient (Wildman–Crippen LogP) is 1.58. The second-order valence-electron chi connectivity index (χ2n) is 2.46. The Labute approximate surface area is 50.1 Å². The molecule has 1 nitrogen and oxygen atoms in total. The maximum Gasteiger partial charge on any atom is 0.126 e. The van der Waals surface area contributed by atoms with Crippen LogP contribution >= 0.6 is 0 Å². The number of rotatable bonds is 3. The second kappa shape index (κ2) is 1.88. The Morgan fingerprint density at radius 3 is 2.38 bits per heavy atom. The molecule has 0 spiro atoms. The first-order chi connectivity index (χ1) is 3.83. The van der Waals surface area contributed by atoms with E-state index in [1.54, 1.807) is 0 Å². The molecular weight excluding hydrogens is 100 g/mol. The number of hydrogen-bond acceptors (Lipinski definition) is 1. The highest BCUT2D eigenvalue weighted by atomic mass is 16.1. The monoisotopic (exact) mass is 111 g/mol. The van der Waals surface area contributed by atoms with E-state index in [1.165, 1.54) is 0 Å². The fraction of sp³-hybridized carbons (Fsp3) is 0.714. The molecule has 1 aliphatic carbocycles. The van der Waals surface area contributed by atoms with Gasteiger partial charge in [0.25, 0.3) is 0 Å². The molecule has 0 aromatic carbocycles. The first-order valence-electron chi connectivity index (χ1n) is 3.14. The largest absolute Gasteiger partial charge is 0.303 e. The van der Waals surface area contributed by atoms with Crippen LogP contribution in [0.25, 0.3) is 0 Å². The van der Waals surface area contributed by atoms with E-state index in [1.807, 2.05) is 0 Å². The Balaban J connectivity index is 2.30. The zero-order chi connectivity index (χ0) is 6.04. The molecule has 1 aliphatic rings. The van der Waals surface area contributed by atoms with Gasteiger partial charge in [-0.25, -0.2) is 0 Å². The fourth-order valence-electron chi connectivity index (χ4n) is 0.921. The Morgan fingerprint density at radius 2 is 2.25 bits per heavy atom. The van der Waals surface area contributed by atoms with Gasteiger partial charge in [0.05, 0.1) is 0 Å². The molecule has 0 amide bonds. The van der Waals surface area contributed by atoms with E-state index in [9.17, 15) is 4.79 Å². The zero-order valence-electron chi connectivity index (χ0n) is 5.18. The van der Waals surface area contributed by atoms with Gasteiger partial charge in [-0.2, -0.15) is 0 Å². The van der Waals surface area contributed by atoms with Gasteiger partial charge in [0.2, 0.25) is 0 Å². The van der Waals surface area contributed by atoms with Crippen LogP contribution in [0.3, 0.4) is 0 Å². The molecule has 0 saturated heterocycles. The molecule has 45 valence electrons. The van der Waals surface area contributed by atoms with Crippen molar-refractivity contribution < 1.29 is 4.79 Å². The van der Waals surface area contributed by atoms with Crippen LogP contribution < -0.4 is 0 Å². The van der Waals surface area contributed by atoms with Gasteiger partial charge in [-0.1, -0.05) is 13.3 Å². The van der Waals surface area contributed by atoms with Crippen LogP contribution in [0.15, 0.2) is 0 Å². The van der Waals surface area contributed by atoms with Crippen LogP contribution in [-0.4, -0.2) is 6.29 Å². The smallest absolute Gasteiger partial charge is 0.126 e. The van der Waals surface area contributed by atoms with Crippen LogP contribution in [0.4, 0.5) is 0 Å². The third-order valence-electron chi connectivity index (χ3n) is 1.67. The first-order valence-corrected chi connectivity index (χ1v) is 3.14. The summed E-state index contributed by atoms with van der Waals surface area (Å²) in [4.78, 5) is 10.2. The summed E-state index contributed by atoms with van der Waals surface area (Å²) in [5.41, 5.74) is 0.0365. The summed E-state index contributed by atoms with van der Waals surface area (Å²) in [5, 5.41) is 0. The third kappa shape index (κ3) is 0.908. The van der Waals surface area contributed by atoms with Crippen molar-refractivity contribution in [2.24, 2.45) is 5.41 Å². The van der Waals surface area contributed by atoms with Crippen LogP contribution in [0.2, 0.25) is 0 Å². The number of hydrogen-bond donors (Lipinski definition) is 0. The average molecular weight is 111 g/mol. The molecule has 0 atom stereocenters. The molecule has 1 radical (unpaired) electrons. The van der Waals surface area contributed by atoms with Gasteiger partial charge in [-0.05, 0) is 19.3 Å². The Bertz CT molecular complexity index is 92.6. The molecule has 1 saturated carbocycles. The minimum Gasteiger partial charge on any atom is -0.303 e. The van der Waals surface area contributed by atoms with Gasteiger partial charge in [0, 0.05) is 5.41 Å². The number of aldehydes is 1. The molecule has 0 bridgehead atoms. The summed E-state index contributed by atoms with van der Waals surface area (Å²) in [6.45, 7) is 2.07. The van der Waals surface area contributed by atoms with Gasteiger partial charge in [0.1, 0.15) is 6.29 Å². The summed E-state index contributed by atoms with van der Waals surface area (Å²) < 4.78 is 0. The van der Waals surface area contributed by atoms with Gasteiger partial charge >= 0.3 is 0 Å². The molecule has 0 aliphatic heterocycles. The topological polar surface area (TPSA) is 17.1 Å². The van der Waals surface area contributed by atoms with E-state index in [2.05, 4.69) is 13.3 Å². The summed E-state index contributed by atoms with van der Waals surface area (Å²) in [6, 6.07) is 0. The molecule has 0 aromatic rings. The summed E-state index contributed by atoms with van der Waals surface area (Å²) >= 11 is 0. The van der Waals surface area contributed by atoms with Crippen LogP contribution in [0.1, 0.15) is 26.2 Å². The van der Waals surface area contributed by atoms with Gasteiger partial charge < -0.3 is 4.79 Å². The van der Waals surface area contributed by atoms with Crippen molar-refractivity contribution >= 4 is 6.29 Å². The standard InChI is InChI=1S/C7H11O/c1-2-3-7(6-8)4-5-7/h3,6H,2,4-5H2,1H3. The fourth-order valence-corrected chi connectivity index (χ4v) is 0.921. The van der Waals surface area contributed by atoms with Crippen molar-refractivity contribution in [3.05, 3.63) is 6.42 Å². The van der Waals surface area contributed by atoms with Crippen LogP contribution in [0, 0.1) is 11.8 Å². The quantitative estimate of drug-likeness (QED) is 0.505. The Hall–Kier alpha value is -0.330. The second-order valence-corrected chi connectivity index (χ2v) is 2.46. The lowest BCUT2D eigenvalue weighted by atomic mass is 10.0. The van der Waals surface area contributed by atoms with Crippen molar-refractivity contribution in [3.8, 4) is 0 Å². The van der Waals surface area contributed by atoms with Gasteiger partial charge in [-0.15, -0.1) is 0 Å². The summed E-state index contributed by atoms with van der Waals surface area (Å²) in [5.74, 6) is 0. The van der Waals surface area contributed by atoms with E-state index in [-0.39, 0.29) is 5.41 Å². The number of carbonyl (C=O) groups excluding carboxylic acids is 1. The zero-order valence-corrected chi connectivity index (χ0v) is 5.18. The molecule has 0 N–H and O–H groups in total. The number of carbonyl (C=O) groups is 1. The molecule has 0 heterocycles. The van der Waals surface area contributed by atoms with Crippen molar-refractivity contribution in [1.29, 1.82) is 0 Å². The minimum absolute atomic E-state index is 0.0365. The molecule has 0 aromatic heterocycles. The maximum absolute atomic E-state index is 10.2. The van der Waals surface area contributed by atoms with E-state index in [0.29, 0.717) is 0 Å². The summed E-state index contributed by atoms with van der Waals surface area (Å²) in [6.07, 6.45) is 6.39. The van der Waals surface area contributed by atoms with Crippen molar-refractivity contribution in [3.63, 3.8) is 0 Å². The molecule has 1 fully saturated rings. The lowest BCUT2D eigenvalue weighted by Gasteiger charge is -1.99. The summed E-state index contributed by atoms with van der Waals surface area (Å²) in [7, 11) is 0. The van der Waals surface area contributed by atoms with Gasteiger partial charge in [-0.3, -0.25) is 0 Å². The molecule has 1 rings (SSSR count). The third-order valence-corrected chi connectivity index (χ3v) is 1.67. The Kier molecular flexibility index (Phi) is 1.37. The van der Waals surface area contributed by atoms with Crippen molar-refractivity contribution in [2.75, 3.05) is 0 Å². The maximum atomic E-state index is 10.2. The van der Waals surface area contributed by atoms with Crippen molar-refractivity contribution in [1.82, 2.24) is 0 Å². The molecular formula is C7H11O. The lowest BCUT2D eigenvalue weighted by molar-refractivity contribution is -0.111. The normalized spacial score (nSPS) is 22.6. The average Bonchev–Trinajstić information content (AvgIpc) is 2.50. The minimum atomic E-state index is 0.0365. The highest BCUT2D eigenvalue weighted by molar-refractivity contribution is 5.65. The highest BCUT2D eigenvalue weighted by Gasteiger charge is 2.41. The van der Waals surface area contributed by atoms with Crippen LogP contribution in [-0.2, 0) is 4.79 Å². The van der Waals surface area contributed by atoms with E-state index in [4.69, 9.17) is 0 Å². The van der Waals surface area contributed by atoms with Gasteiger partial charge in [0.15, 0.2) is 0 Å². The van der Waals surface area contributed by atoms with Crippen LogP contribution in [0.5, 0.6) is 0 Å². The highest BCUT2D eigenvalue weighted by Crippen LogP contribution is 2.46. The Morgan fingerprint density at radius 1 is 1.62 bits per heavy atom. The molecule has 0 unspecified atom stereocenters. The van der Waals surface area contributed by atoms with Crippen molar-refractivity contribution in [2.45, 2.75) is 26.2 Å². The van der Waals surface area contributed by atoms with E-state index in [0.717, 1.165) is 25.5 Å². The van der Waals surface area contributed by atoms with E-state index >= 15 is 0 Å².